The molecule has 0 aromatic carbocycles. The molecule has 1 unspecified atom stereocenters. The van der Waals surface area contributed by atoms with Gasteiger partial charge < -0.3 is 9.15 Å². The number of carbonyl (C=O) groups excluding carboxylic acids is 1. The summed E-state index contributed by atoms with van der Waals surface area (Å²) in [6, 6.07) is 5.37. The van der Waals surface area contributed by atoms with Gasteiger partial charge in [-0.2, -0.15) is 5.26 Å². The van der Waals surface area contributed by atoms with Crippen molar-refractivity contribution >= 4 is 5.78 Å². The first-order valence-electron chi connectivity index (χ1n) is 5.10. The summed E-state index contributed by atoms with van der Waals surface area (Å²) in [7, 11) is 0. The summed E-state index contributed by atoms with van der Waals surface area (Å²) >= 11 is 0. The molecule has 0 saturated carbocycles. The molecule has 0 spiro atoms. The van der Waals surface area contributed by atoms with E-state index in [1.54, 1.807) is 12.1 Å². The number of carbonyl (C=O) groups is 1. The molecule has 1 aliphatic rings. The number of Topliss-reactive ketones (excluding diaryl/α,β-unsaturated/α-hetero) is 1. The largest absolute Gasteiger partial charge is 0.461 e. The van der Waals surface area contributed by atoms with E-state index in [4.69, 9.17) is 14.4 Å². The van der Waals surface area contributed by atoms with Crippen molar-refractivity contribution in [3.63, 3.8) is 0 Å². The summed E-state index contributed by atoms with van der Waals surface area (Å²) in [6.45, 7) is 1.91. The van der Waals surface area contributed by atoms with Crippen molar-refractivity contribution in [3.05, 3.63) is 24.2 Å². The highest BCUT2D eigenvalue weighted by Crippen LogP contribution is 2.07. The lowest BCUT2D eigenvalue weighted by atomic mass is 10.2. The number of ketones is 1. The average molecular weight is 220 g/mol. The first kappa shape index (κ1) is 10.9. The van der Waals surface area contributed by atoms with E-state index in [0.29, 0.717) is 25.5 Å². The Balaban J connectivity index is 1.90. The van der Waals surface area contributed by atoms with E-state index in [1.807, 2.05) is 11.0 Å². The first-order valence-corrected chi connectivity index (χ1v) is 5.10. The van der Waals surface area contributed by atoms with Crippen molar-refractivity contribution in [2.24, 2.45) is 0 Å². The molecule has 5 nitrogen and oxygen atoms in total. The zero-order chi connectivity index (χ0) is 11.4. The molecule has 0 aliphatic carbocycles. The van der Waals surface area contributed by atoms with Gasteiger partial charge in [0, 0.05) is 13.1 Å². The van der Waals surface area contributed by atoms with Crippen molar-refractivity contribution in [1.82, 2.24) is 4.90 Å². The summed E-state index contributed by atoms with van der Waals surface area (Å²) in [5.74, 6) is 0.295. The lowest BCUT2D eigenvalue weighted by Crippen LogP contribution is -2.44. The minimum Gasteiger partial charge on any atom is -0.461 e. The Morgan fingerprint density at radius 1 is 1.69 bits per heavy atom. The van der Waals surface area contributed by atoms with Crippen LogP contribution in [0, 0.1) is 11.3 Å². The average Bonchev–Trinajstić information content (AvgIpc) is 2.83. The maximum absolute atomic E-state index is 11.7. The van der Waals surface area contributed by atoms with Gasteiger partial charge in [0.15, 0.2) is 11.9 Å². The van der Waals surface area contributed by atoms with Crippen LogP contribution in [0.5, 0.6) is 0 Å². The van der Waals surface area contributed by atoms with Gasteiger partial charge >= 0.3 is 0 Å². The summed E-state index contributed by atoms with van der Waals surface area (Å²) in [4.78, 5) is 13.6. The van der Waals surface area contributed by atoms with Gasteiger partial charge in [-0.3, -0.25) is 9.69 Å². The first-order chi connectivity index (χ1) is 7.79. The fourth-order valence-electron chi connectivity index (χ4n) is 1.64. The standard InChI is InChI=1S/C11H12N2O3/c12-6-9-7-13(3-5-15-9)8-10(14)11-2-1-4-16-11/h1-2,4,9H,3,5,7-8H2. The third kappa shape index (κ3) is 2.48. The van der Waals surface area contributed by atoms with E-state index < -0.39 is 6.10 Å². The quantitative estimate of drug-likeness (QED) is 0.701. The number of rotatable bonds is 3. The van der Waals surface area contributed by atoms with Crippen LogP contribution < -0.4 is 0 Å². The van der Waals surface area contributed by atoms with Crippen LogP contribution in [-0.2, 0) is 4.74 Å². The highest BCUT2D eigenvalue weighted by atomic mass is 16.5. The maximum atomic E-state index is 11.7. The van der Waals surface area contributed by atoms with Crippen molar-refractivity contribution < 1.29 is 13.9 Å². The lowest BCUT2D eigenvalue weighted by molar-refractivity contribution is 0.00210. The molecule has 2 heterocycles. The molecule has 1 aliphatic heterocycles. The second-order valence-corrected chi connectivity index (χ2v) is 3.62. The smallest absolute Gasteiger partial charge is 0.211 e. The molecule has 0 radical (unpaired) electrons. The molecular weight excluding hydrogens is 208 g/mol. The Bertz CT molecular complexity index is 394. The summed E-state index contributed by atoms with van der Waals surface area (Å²) < 4.78 is 10.2. The molecule has 1 fully saturated rings. The van der Waals surface area contributed by atoms with Crippen LogP contribution >= 0.6 is 0 Å². The SMILES string of the molecule is N#CC1CN(CC(=O)c2ccco2)CCO1. The van der Waals surface area contributed by atoms with Gasteiger partial charge in [0.2, 0.25) is 5.78 Å². The summed E-state index contributed by atoms with van der Waals surface area (Å²) in [5, 5.41) is 8.72. The van der Waals surface area contributed by atoms with Crippen LogP contribution in [0.4, 0.5) is 0 Å². The lowest BCUT2D eigenvalue weighted by Gasteiger charge is -2.28. The number of hydrogen-bond donors (Lipinski definition) is 0. The molecule has 1 aromatic heterocycles. The maximum Gasteiger partial charge on any atom is 0.211 e. The third-order valence-corrected chi connectivity index (χ3v) is 2.46. The van der Waals surface area contributed by atoms with Crippen molar-refractivity contribution in [2.45, 2.75) is 6.10 Å². The Hall–Kier alpha value is -1.64. The van der Waals surface area contributed by atoms with Gasteiger partial charge in [-0.05, 0) is 12.1 Å². The number of ether oxygens (including phenoxy) is 1. The fraction of sp³-hybridized carbons (Fsp3) is 0.455. The molecule has 0 N–H and O–H groups in total. The normalized spacial score (nSPS) is 21.6. The van der Waals surface area contributed by atoms with Crippen LogP contribution in [-0.4, -0.2) is 43.0 Å². The van der Waals surface area contributed by atoms with Crippen LogP contribution in [0.3, 0.4) is 0 Å². The number of morpholine rings is 1. The molecule has 2 rings (SSSR count). The van der Waals surface area contributed by atoms with Crippen LogP contribution in [0.15, 0.2) is 22.8 Å². The predicted molar refractivity (Wildman–Crippen MR) is 54.8 cm³/mol. The van der Waals surface area contributed by atoms with E-state index >= 15 is 0 Å². The monoisotopic (exact) mass is 220 g/mol. The highest BCUT2D eigenvalue weighted by molar-refractivity contribution is 5.94. The molecule has 1 saturated heterocycles. The molecule has 0 amide bonds. The number of nitrogens with zero attached hydrogens (tertiary/aromatic N) is 2. The Labute approximate surface area is 93.2 Å². The van der Waals surface area contributed by atoms with Gasteiger partial charge in [0.05, 0.1) is 25.5 Å². The van der Waals surface area contributed by atoms with Gasteiger partial charge in [0.1, 0.15) is 0 Å². The second kappa shape index (κ2) is 4.92. The molecule has 5 heteroatoms. The van der Waals surface area contributed by atoms with E-state index in [2.05, 4.69) is 0 Å². The Kier molecular flexibility index (Phi) is 3.34. The minimum atomic E-state index is -0.432. The fourth-order valence-corrected chi connectivity index (χ4v) is 1.64. The molecule has 84 valence electrons. The molecule has 0 bridgehead atoms. The van der Waals surface area contributed by atoms with Crippen molar-refractivity contribution in [2.75, 3.05) is 26.2 Å². The number of hydrogen-bond acceptors (Lipinski definition) is 5. The van der Waals surface area contributed by atoms with Gasteiger partial charge in [-0.15, -0.1) is 0 Å². The van der Waals surface area contributed by atoms with Gasteiger partial charge in [-0.1, -0.05) is 0 Å². The predicted octanol–water partition coefficient (Wildman–Crippen LogP) is 0.687. The van der Waals surface area contributed by atoms with E-state index in [1.165, 1.54) is 6.26 Å². The topological polar surface area (TPSA) is 66.5 Å². The van der Waals surface area contributed by atoms with Crippen LogP contribution in [0.2, 0.25) is 0 Å². The van der Waals surface area contributed by atoms with E-state index in [9.17, 15) is 4.79 Å². The summed E-state index contributed by atoms with van der Waals surface area (Å²) in [6.07, 6.45) is 1.04. The molecule has 16 heavy (non-hydrogen) atoms. The molecule has 1 atom stereocenters. The minimum absolute atomic E-state index is 0.0661. The molecule has 1 aromatic rings. The number of nitriles is 1. The second-order valence-electron chi connectivity index (χ2n) is 3.62. The Morgan fingerprint density at radius 3 is 3.25 bits per heavy atom. The third-order valence-electron chi connectivity index (χ3n) is 2.46. The van der Waals surface area contributed by atoms with Crippen LogP contribution in [0.25, 0.3) is 0 Å². The zero-order valence-electron chi connectivity index (χ0n) is 8.76. The Morgan fingerprint density at radius 2 is 2.56 bits per heavy atom. The number of furan rings is 1. The highest BCUT2D eigenvalue weighted by Gasteiger charge is 2.22. The zero-order valence-corrected chi connectivity index (χ0v) is 8.76. The molecular formula is C11H12N2O3. The van der Waals surface area contributed by atoms with Crippen molar-refractivity contribution in [3.8, 4) is 6.07 Å². The van der Waals surface area contributed by atoms with Crippen molar-refractivity contribution in [1.29, 1.82) is 5.26 Å². The van der Waals surface area contributed by atoms with E-state index in [-0.39, 0.29) is 12.3 Å². The van der Waals surface area contributed by atoms with Gasteiger partial charge in [-0.25, -0.2) is 0 Å². The van der Waals surface area contributed by atoms with Gasteiger partial charge in [0.25, 0.3) is 0 Å². The summed E-state index contributed by atoms with van der Waals surface area (Å²) in [5.41, 5.74) is 0. The van der Waals surface area contributed by atoms with Crippen LogP contribution in [0.1, 0.15) is 10.6 Å². The van der Waals surface area contributed by atoms with E-state index in [0.717, 1.165) is 0 Å².